The monoisotopic (exact) mass is 482 g/mol. The molecule has 0 radical (unpaired) electrons. The number of rotatable bonds is 7. The lowest BCUT2D eigenvalue weighted by Gasteiger charge is -2.18. The largest absolute Gasteiger partial charge is 0.360 e. The molecule has 1 aliphatic rings. The van der Waals surface area contributed by atoms with Crippen LogP contribution in [-0.2, 0) is 16.1 Å². The van der Waals surface area contributed by atoms with Crippen LogP contribution in [0.5, 0.6) is 0 Å². The minimum absolute atomic E-state index is 0.0408. The fraction of sp³-hybridized carbons (Fsp3) is 0.462. The highest BCUT2D eigenvalue weighted by molar-refractivity contribution is 7.13. The van der Waals surface area contributed by atoms with Crippen molar-refractivity contribution in [3.8, 4) is 10.4 Å². The van der Waals surface area contributed by atoms with Gasteiger partial charge in [-0.05, 0) is 57.3 Å². The van der Waals surface area contributed by atoms with Gasteiger partial charge >= 0.3 is 0 Å². The first-order valence-electron chi connectivity index (χ1n) is 11.7. The number of amides is 1. The molecule has 1 aromatic carbocycles. The number of likely N-dealkylation sites (tertiary alicyclic amines) is 1. The molecule has 4 rings (SSSR count). The summed E-state index contributed by atoms with van der Waals surface area (Å²) in [5.74, 6) is 0.904. The SMILES string of the molecule is Cc1cc(C(C=O)C(C)C)on1.Cc1ncsc1-c1ccc(CNC(=O)C2CCCN2C)cc1. The molecular weight excluding hydrogens is 448 g/mol. The first-order valence-corrected chi connectivity index (χ1v) is 12.5. The zero-order valence-corrected chi connectivity index (χ0v) is 21.4. The zero-order chi connectivity index (χ0) is 24.7. The fourth-order valence-electron chi connectivity index (χ4n) is 3.99. The van der Waals surface area contributed by atoms with E-state index in [0.717, 1.165) is 42.6 Å². The first-order chi connectivity index (χ1) is 16.3. The Morgan fingerprint density at radius 3 is 2.53 bits per heavy atom. The van der Waals surface area contributed by atoms with Gasteiger partial charge in [-0.2, -0.15) is 0 Å². The van der Waals surface area contributed by atoms with Gasteiger partial charge in [0.15, 0.2) is 0 Å². The van der Waals surface area contributed by atoms with E-state index in [1.54, 1.807) is 17.4 Å². The van der Waals surface area contributed by atoms with Crippen LogP contribution < -0.4 is 5.32 Å². The number of carbonyl (C=O) groups is 2. The Bertz CT molecular complexity index is 1070. The van der Waals surface area contributed by atoms with Crippen LogP contribution in [0.3, 0.4) is 0 Å². The molecule has 182 valence electrons. The summed E-state index contributed by atoms with van der Waals surface area (Å²) in [6.45, 7) is 9.44. The van der Waals surface area contributed by atoms with E-state index >= 15 is 0 Å². The number of hydrogen-bond acceptors (Lipinski definition) is 7. The third-order valence-corrected chi connectivity index (χ3v) is 7.07. The van der Waals surface area contributed by atoms with Crippen LogP contribution in [0.4, 0.5) is 0 Å². The number of likely N-dealkylation sites (N-methyl/N-ethyl adjacent to an activating group) is 1. The van der Waals surface area contributed by atoms with Crippen molar-refractivity contribution in [2.75, 3.05) is 13.6 Å². The number of nitrogens with zero attached hydrogens (tertiary/aromatic N) is 3. The Balaban J connectivity index is 0.000000229. The molecule has 0 bridgehead atoms. The van der Waals surface area contributed by atoms with Crippen LogP contribution >= 0.6 is 11.3 Å². The minimum atomic E-state index is -0.161. The predicted octanol–water partition coefficient (Wildman–Crippen LogP) is 4.75. The number of aldehydes is 1. The minimum Gasteiger partial charge on any atom is -0.360 e. The number of benzene rings is 1. The van der Waals surface area contributed by atoms with Gasteiger partial charge in [0.1, 0.15) is 12.0 Å². The third-order valence-electron chi connectivity index (χ3n) is 6.09. The highest BCUT2D eigenvalue weighted by atomic mass is 32.1. The second kappa shape index (κ2) is 12.0. The standard InChI is InChI=1S/C17H21N3OS.C9H13NO2/c1-12-16(22-11-19-12)14-7-5-13(6-8-14)10-18-17(21)15-4-3-9-20(15)2;1-6(2)8(5-11)9-4-7(3)10-12-9/h5-8,11,15H,3-4,9-10H2,1-2H3,(H,18,21);4-6,8H,1-3H3. The molecule has 2 atom stereocenters. The summed E-state index contributed by atoms with van der Waals surface area (Å²) >= 11 is 1.66. The Hall–Kier alpha value is -2.84. The molecular formula is C26H34N4O3S. The van der Waals surface area contributed by atoms with Crippen molar-refractivity contribution in [3.63, 3.8) is 0 Å². The lowest BCUT2D eigenvalue weighted by molar-refractivity contribution is -0.125. The van der Waals surface area contributed by atoms with E-state index in [9.17, 15) is 9.59 Å². The van der Waals surface area contributed by atoms with Gasteiger partial charge < -0.3 is 14.6 Å². The Kier molecular flexibility index (Phi) is 9.12. The number of aromatic nitrogens is 2. The van der Waals surface area contributed by atoms with Gasteiger partial charge in [-0.1, -0.05) is 43.3 Å². The van der Waals surface area contributed by atoms with Crippen LogP contribution in [0, 0.1) is 19.8 Å². The summed E-state index contributed by atoms with van der Waals surface area (Å²) in [6, 6.07) is 10.2. The molecule has 1 fully saturated rings. The van der Waals surface area contributed by atoms with Gasteiger partial charge in [-0.25, -0.2) is 4.98 Å². The number of hydrogen-bond donors (Lipinski definition) is 1. The number of nitrogens with one attached hydrogen (secondary N) is 1. The van der Waals surface area contributed by atoms with Crippen LogP contribution in [0.2, 0.25) is 0 Å². The highest BCUT2D eigenvalue weighted by Gasteiger charge is 2.27. The normalized spacial score (nSPS) is 16.7. The molecule has 1 saturated heterocycles. The van der Waals surface area contributed by atoms with Gasteiger partial charge in [0.2, 0.25) is 5.91 Å². The van der Waals surface area contributed by atoms with Crippen molar-refractivity contribution in [1.82, 2.24) is 20.4 Å². The highest BCUT2D eigenvalue weighted by Crippen LogP contribution is 2.27. The van der Waals surface area contributed by atoms with Crippen LogP contribution in [0.1, 0.15) is 55.3 Å². The second-order valence-electron chi connectivity index (χ2n) is 9.10. The smallest absolute Gasteiger partial charge is 0.237 e. The first kappa shape index (κ1) is 25.8. The lowest BCUT2D eigenvalue weighted by atomic mass is 9.95. The third kappa shape index (κ3) is 6.61. The van der Waals surface area contributed by atoms with Crippen molar-refractivity contribution in [2.24, 2.45) is 5.92 Å². The lowest BCUT2D eigenvalue weighted by Crippen LogP contribution is -2.41. The summed E-state index contributed by atoms with van der Waals surface area (Å²) in [5.41, 5.74) is 6.06. The molecule has 1 amide bonds. The van der Waals surface area contributed by atoms with E-state index < -0.39 is 0 Å². The summed E-state index contributed by atoms with van der Waals surface area (Å²) in [5, 5.41) is 6.78. The summed E-state index contributed by atoms with van der Waals surface area (Å²) in [7, 11) is 2.02. The maximum Gasteiger partial charge on any atom is 0.237 e. The molecule has 3 aromatic rings. The molecule has 8 heteroatoms. The van der Waals surface area contributed by atoms with Crippen molar-refractivity contribution >= 4 is 23.5 Å². The fourth-order valence-corrected chi connectivity index (χ4v) is 4.81. The average Bonchev–Trinajstić information content (AvgIpc) is 3.55. The van der Waals surface area contributed by atoms with Gasteiger partial charge in [0.25, 0.3) is 0 Å². The van der Waals surface area contributed by atoms with E-state index in [-0.39, 0.29) is 23.8 Å². The summed E-state index contributed by atoms with van der Waals surface area (Å²) in [6.07, 6.45) is 2.98. The van der Waals surface area contributed by atoms with Crippen LogP contribution in [0.25, 0.3) is 10.4 Å². The van der Waals surface area contributed by atoms with Gasteiger partial charge in [0, 0.05) is 12.6 Å². The maximum absolute atomic E-state index is 12.2. The molecule has 0 spiro atoms. The van der Waals surface area contributed by atoms with Gasteiger partial charge in [-0.15, -0.1) is 11.3 Å². The van der Waals surface area contributed by atoms with E-state index in [1.807, 2.05) is 40.3 Å². The predicted molar refractivity (Wildman–Crippen MR) is 135 cm³/mol. The molecule has 2 aromatic heterocycles. The van der Waals surface area contributed by atoms with Crippen molar-refractivity contribution in [2.45, 2.75) is 59.0 Å². The van der Waals surface area contributed by atoms with Crippen molar-refractivity contribution in [3.05, 3.63) is 58.6 Å². The number of aryl methyl sites for hydroxylation is 2. The quantitative estimate of drug-likeness (QED) is 0.489. The maximum atomic E-state index is 12.2. The van der Waals surface area contributed by atoms with Crippen LogP contribution in [-0.4, -0.2) is 46.9 Å². The molecule has 34 heavy (non-hydrogen) atoms. The summed E-state index contributed by atoms with van der Waals surface area (Å²) in [4.78, 5) is 30.5. The average molecular weight is 483 g/mol. The van der Waals surface area contributed by atoms with E-state index in [4.69, 9.17) is 4.52 Å². The van der Waals surface area contributed by atoms with Gasteiger partial charge in [-0.3, -0.25) is 9.69 Å². The van der Waals surface area contributed by atoms with E-state index in [1.165, 1.54) is 10.4 Å². The molecule has 0 aliphatic carbocycles. The Labute approximate surface area is 205 Å². The van der Waals surface area contributed by atoms with E-state index in [2.05, 4.69) is 44.6 Å². The molecule has 0 saturated carbocycles. The summed E-state index contributed by atoms with van der Waals surface area (Å²) < 4.78 is 5.00. The van der Waals surface area contributed by atoms with Crippen molar-refractivity contribution < 1.29 is 14.1 Å². The Morgan fingerprint density at radius 1 is 1.29 bits per heavy atom. The molecule has 7 nitrogen and oxygen atoms in total. The molecule has 1 aliphatic heterocycles. The number of thiazole rings is 1. The van der Waals surface area contributed by atoms with Crippen molar-refractivity contribution in [1.29, 1.82) is 0 Å². The van der Waals surface area contributed by atoms with Gasteiger partial charge in [0.05, 0.1) is 33.7 Å². The zero-order valence-electron chi connectivity index (χ0n) is 20.6. The molecule has 3 heterocycles. The number of carbonyl (C=O) groups excluding carboxylic acids is 2. The molecule has 1 N–H and O–H groups in total. The topological polar surface area (TPSA) is 88.3 Å². The molecule has 2 unspecified atom stereocenters. The van der Waals surface area contributed by atoms with E-state index in [0.29, 0.717) is 12.3 Å². The van der Waals surface area contributed by atoms with Crippen LogP contribution in [0.15, 0.2) is 40.4 Å². The Morgan fingerprint density at radius 2 is 2.03 bits per heavy atom. The second-order valence-corrected chi connectivity index (χ2v) is 9.95.